The van der Waals surface area contributed by atoms with Gasteiger partial charge in [-0.15, -0.1) is 0 Å². The molecule has 0 heterocycles. The van der Waals surface area contributed by atoms with Crippen LogP contribution in [0.3, 0.4) is 0 Å². The largest absolute Gasteiger partial charge is 0.493 e. The Balaban J connectivity index is 2.24. The summed E-state index contributed by atoms with van der Waals surface area (Å²) in [5, 5.41) is 10.7. The van der Waals surface area contributed by atoms with Gasteiger partial charge < -0.3 is 9.84 Å². The Bertz CT molecular complexity index is 629. The lowest BCUT2D eigenvalue weighted by molar-refractivity contribution is 0.219. The summed E-state index contributed by atoms with van der Waals surface area (Å²) >= 11 is 0. The van der Waals surface area contributed by atoms with Gasteiger partial charge in [0.2, 0.25) is 0 Å². The molecule has 23 heavy (non-hydrogen) atoms. The molecule has 0 aromatic heterocycles. The van der Waals surface area contributed by atoms with Crippen LogP contribution in [0.15, 0.2) is 36.4 Å². The number of ether oxygens (including phenoxy) is 1. The molecule has 0 aliphatic carbocycles. The molecule has 2 aromatic rings. The van der Waals surface area contributed by atoms with Crippen LogP contribution in [0.25, 0.3) is 0 Å². The maximum Gasteiger partial charge on any atom is 0.122 e. The number of benzene rings is 2. The van der Waals surface area contributed by atoms with Gasteiger partial charge in [-0.1, -0.05) is 50.6 Å². The Morgan fingerprint density at radius 2 is 1.61 bits per heavy atom. The second kappa shape index (κ2) is 8.16. The number of hydrogen-bond donors (Lipinski definition) is 1. The van der Waals surface area contributed by atoms with Crippen molar-refractivity contribution in [3.05, 3.63) is 64.2 Å². The smallest absolute Gasteiger partial charge is 0.122 e. The topological polar surface area (TPSA) is 29.5 Å². The maximum atomic E-state index is 10.7. The quantitative estimate of drug-likeness (QED) is 0.768. The Morgan fingerprint density at radius 3 is 2.22 bits per heavy atom. The molecule has 0 aliphatic rings. The monoisotopic (exact) mass is 312 g/mol. The van der Waals surface area contributed by atoms with E-state index in [1.165, 1.54) is 5.56 Å². The van der Waals surface area contributed by atoms with E-state index < -0.39 is 6.10 Å². The van der Waals surface area contributed by atoms with Crippen LogP contribution in [0.1, 0.15) is 60.6 Å². The molecule has 0 radical (unpaired) electrons. The van der Waals surface area contributed by atoms with E-state index in [2.05, 4.69) is 39.8 Å². The number of rotatable bonds is 7. The maximum absolute atomic E-state index is 10.7. The van der Waals surface area contributed by atoms with Crippen molar-refractivity contribution in [2.75, 3.05) is 6.61 Å². The van der Waals surface area contributed by atoms with Gasteiger partial charge in [0.05, 0.1) is 6.61 Å². The van der Waals surface area contributed by atoms with E-state index in [-0.39, 0.29) is 0 Å². The van der Waals surface area contributed by atoms with Crippen LogP contribution >= 0.6 is 0 Å². The van der Waals surface area contributed by atoms with Gasteiger partial charge in [-0.2, -0.15) is 0 Å². The van der Waals surface area contributed by atoms with Gasteiger partial charge in [0.1, 0.15) is 11.9 Å². The lowest BCUT2D eigenvalue weighted by Gasteiger charge is -2.18. The molecule has 1 unspecified atom stereocenters. The van der Waals surface area contributed by atoms with E-state index in [1.54, 1.807) is 0 Å². The van der Waals surface area contributed by atoms with Gasteiger partial charge in [-0.25, -0.2) is 0 Å². The van der Waals surface area contributed by atoms with Crippen molar-refractivity contribution in [3.8, 4) is 5.75 Å². The molecule has 1 atom stereocenters. The molecule has 2 nitrogen and oxygen atoms in total. The first kappa shape index (κ1) is 17.6. The zero-order valence-electron chi connectivity index (χ0n) is 14.7. The summed E-state index contributed by atoms with van der Waals surface area (Å²) in [7, 11) is 0. The molecule has 1 N–H and O–H groups in total. The second-order valence-corrected chi connectivity index (χ2v) is 6.15. The minimum Gasteiger partial charge on any atom is -0.493 e. The summed E-state index contributed by atoms with van der Waals surface area (Å²) in [5.41, 5.74) is 5.42. The molecular weight excluding hydrogens is 284 g/mol. The Hall–Kier alpha value is -1.80. The molecule has 124 valence electrons. The van der Waals surface area contributed by atoms with Crippen LogP contribution in [-0.2, 0) is 6.42 Å². The van der Waals surface area contributed by atoms with E-state index in [1.807, 2.05) is 24.3 Å². The molecular formula is C21H28O2. The summed E-state index contributed by atoms with van der Waals surface area (Å²) in [6.07, 6.45) is 2.62. The van der Waals surface area contributed by atoms with E-state index in [4.69, 9.17) is 4.74 Å². The van der Waals surface area contributed by atoms with Crippen LogP contribution in [0, 0.1) is 13.8 Å². The summed E-state index contributed by atoms with van der Waals surface area (Å²) in [6.45, 7) is 9.11. The zero-order valence-corrected chi connectivity index (χ0v) is 14.7. The molecule has 0 spiro atoms. The average molecular weight is 312 g/mol. The first-order valence-corrected chi connectivity index (χ1v) is 8.58. The van der Waals surface area contributed by atoms with Gasteiger partial charge in [0.25, 0.3) is 0 Å². The minimum absolute atomic E-state index is 0.593. The Labute approximate surface area is 140 Å². The van der Waals surface area contributed by atoms with E-state index >= 15 is 0 Å². The van der Waals surface area contributed by atoms with Crippen molar-refractivity contribution in [1.29, 1.82) is 0 Å². The number of aryl methyl sites for hydroxylation is 1. The molecule has 0 amide bonds. The van der Waals surface area contributed by atoms with Crippen molar-refractivity contribution in [2.45, 2.75) is 53.1 Å². The number of hydrogen-bond acceptors (Lipinski definition) is 2. The molecule has 0 saturated carbocycles. The predicted octanol–water partition coefficient (Wildman–Crippen LogP) is 5.13. The fraction of sp³-hybridized carbons (Fsp3) is 0.429. The first-order chi connectivity index (χ1) is 11.1. The third-order valence-corrected chi connectivity index (χ3v) is 4.37. The zero-order chi connectivity index (χ0) is 16.8. The van der Waals surface area contributed by atoms with Gasteiger partial charge in [-0.3, -0.25) is 0 Å². The molecule has 0 fully saturated rings. The van der Waals surface area contributed by atoms with Gasteiger partial charge in [0.15, 0.2) is 0 Å². The highest BCUT2D eigenvalue weighted by Gasteiger charge is 2.16. The number of aliphatic hydroxyl groups is 1. The fourth-order valence-electron chi connectivity index (χ4n) is 2.82. The molecule has 2 rings (SSSR count). The van der Waals surface area contributed by atoms with Crippen molar-refractivity contribution in [3.63, 3.8) is 0 Å². The first-order valence-electron chi connectivity index (χ1n) is 8.58. The van der Waals surface area contributed by atoms with Crippen molar-refractivity contribution >= 4 is 0 Å². The fourth-order valence-corrected chi connectivity index (χ4v) is 2.82. The van der Waals surface area contributed by atoms with Crippen molar-refractivity contribution in [2.24, 2.45) is 0 Å². The highest BCUT2D eigenvalue weighted by Crippen LogP contribution is 2.31. The average Bonchev–Trinajstić information content (AvgIpc) is 2.57. The highest BCUT2D eigenvalue weighted by molar-refractivity contribution is 5.46. The molecule has 0 saturated heterocycles. The third-order valence-electron chi connectivity index (χ3n) is 4.37. The molecule has 2 aromatic carbocycles. The Morgan fingerprint density at radius 1 is 0.913 bits per heavy atom. The summed E-state index contributed by atoms with van der Waals surface area (Å²) in [5.74, 6) is 0.915. The highest BCUT2D eigenvalue weighted by atomic mass is 16.5. The van der Waals surface area contributed by atoms with E-state index in [0.29, 0.717) is 0 Å². The standard InChI is InChI=1S/C21H28O2/c1-5-7-17-8-10-18(11-9-17)21(22)19-12-13-20(23-14-6-2)16(4)15(19)3/h8-13,21-22H,5-7,14H2,1-4H3. The minimum atomic E-state index is -0.593. The molecule has 0 bridgehead atoms. The van der Waals surface area contributed by atoms with Gasteiger partial charge in [0, 0.05) is 0 Å². The summed E-state index contributed by atoms with van der Waals surface area (Å²) in [6, 6.07) is 12.3. The SMILES string of the molecule is CCCOc1ccc(C(O)c2ccc(CCC)cc2)c(C)c1C. The Kier molecular flexibility index (Phi) is 6.23. The van der Waals surface area contributed by atoms with E-state index in [0.717, 1.165) is 53.9 Å². The molecule has 2 heteroatoms. The van der Waals surface area contributed by atoms with Crippen molar-refractivity contribution < 1.29 is 9.84 Å². The van der Waals surface area contributed by atoms with Crippen LogP contribution in [0.4, 0.5) is 0 Å². The lowest BCUT2D eigenvalue weighted by Crippen LogP contribution is -2.05. The lowest BCUT2D eigenvalue weighted by atomic mass is 9.93. The second-order valence-electron chi connectivity index (χ2n) is 6.15. The van der Waals surface area contributed by atoms with E-state index in [9.17, 15) is 5.11 Å². The predicted molar refractivity (Wildman–Crippen MR) is 96.2 cm³/mol. The third kappa shape index (κ3) is 4.14. The summed E-state index contributed by atoms with van der Waals surface area (Å²) < 4.78 is 5.77. The van der Waals surface area contributed by atoms with Gasteiger partial charge >= 0.3 is 0 Å². The van der Waals surface area contributed by atoms with Crippen LogP contribution < -0.4 is 4.74 Å². The van der Waals surface area contributed by atoms with Gasteiger partial charge in [-0.05, 0) is 60.6 Å². The normalized spacial score (nSPS) is 12.2. The number of aliphatic hydroxyl groups excluding tert-OH is 1. The van der Waals surface area contributed by atoms with Crippen LogP contribution in [0.2, 0.25) is 0 Å². The summed E-state index contributed by atoms with van der Waals surface area (Å²) in [4.78, 5) is 0. The van der Waals surface area contributed by atoms with Crippen molar-refractivity contribution in [1.82, 2.24) is 0 Å². The van der Waals surface area contributed by atoms with Crippen LogP contribution in [0.5, 0.6) is 5.75 Å². The van der Waals surface area contributed by atoms with Crippen LogP contribution in [-0.4, -0.2) is 11.7 Å². The molecule has 0 aliphatic heterocycles.